The summed E-state index contributed by atoms with van der Waals surface area (Å²) in [6.07, 6.45) is -0.113. The number of nitrogens with one attached hydrogen (secondary N) is 1. The number of carbonyl (C=O) groups excluding carboxylic acids is 2. The molecule has 0 bridgehead atoms. The molecule has 0 saturated heterocycles. The fourth-order valence-corrected chi connectivity index (χ4v) is 2.84. The maximum Gasteiger partial charge on any atom is 0.308 e. The van der Waals surface area contributed by atoms with Gasteiger partial charge in [-0.25, -0.2) is 0 Å². The molecule has 1 atom stereocenters. The van der Waals surface area contributed by atoms with Crippen molar-refractivity contribution < 1.29 is 14.3 Å². The van der Waals surface area contributed by atoms with Crippen molar-refractivity contribution in [3.05, 3.63) is 64.7 Å². The summed E-state index contributed by atoms with van der Waals surface area (Å²) < 4.78 is 4.96. The van der Waals surface area contributed by atoms with E-state index in [0.717, 1.165) is 11.1 Å². The number of rotatable bonds is 4. The second-order valence-electron chi connectivity index (χ2n) is 5.55. The van der Waals surface area contributed by atoms with Crippen LogP contribution in [-0.2, 0) is 14.3 Å². The van der Waals surface area contributed by atoms with Crippen LogP contribution >= 0.6 is 11.6 Å². The second-order valence-corrected chi connectivity index (χ2v) is 5.98. The van der Waals surface area contributed by atoms with Crippen LogP contribution in [0.5, 0.6) is 0 Å². The summed E-state index contributed by atoms with van der Waals surface area (Å²) in [5, 5.41) is 3.37. The number of amides is 1. The summed E-state index contributed by atoms with van der Waals surface area (Å²) in [7, 11) is 0. The number of nitrogens with zero attached hydrogens (tertiary/aromatic N) is 1. The van der Waals surface area contributed by atoms with Gasteiger partial charge in [-0.15, -0.1) is 0 Å². The average Bonchev–Trinajstić information content (AvgIpc) is 2.73. The number of esters is 1. The molecule has 1 aliphatic rings. The topological polar surface area (TPSA) is 67.8 Å². The highest BCUT2D eigenvalue weighted by atomic mass is 35.5. The van der Waals surface area contributed by atoms with Gasteiger partial charge in [-0.1, -0.05) is 41.9 Å². The van der Waals surface area contributed by atoms with Gasteiger partial charge in [0.25, 0.3) is 0 Å². The highest BCUT2D eigenvalue weighted by Gasteiger charge is 2.28. The summed E-state index contributed by atoms with van der Waals surface area (Å²) in [5.41, 5.74) is 2.80. The van der Waals surface area contributed by atoms with Gasteiger partial charge in [0, 0.05) is 16.1 Å². The first-order valence-electron chi connectivity index (χ1n) is 7.98. The number of anilines is 1. The molecule has 1 aliphatic heterocycles. The molecule has 0 fully saturated rings. The zero-order valence-corrected chi connectivity index (χ0v) is 14.4. The van der Waals surface area contributed by atoms with Crippen LogP contribution in [0, 0.1) is 0 Å². The number of benzodiazepines with no additional fused rings is 1. The SMILES string of the molecule is CCOC(=O)C[C@@H]1N=C(c2ccccc2)c2cc(Cl)ccc2NC1=O. The van der Waals surface area contributed by atoms with E-state index in [1.165, 1.54) is 0 Å². The first-order chi connectivity index (χ1) is 12.1. The van der Waals surface area contributed by atoms with E-state index < -0.39 is 12.0 Å². The predicted octanol–water partition coefficient (Wildman–Crippen LogP) is 3.45. The Kier molecular flexibility index (Phi) is 5.14. The molecule has 0 aromatic heterocycles. The van der Waals surface area contributed by atoms with Crippen LogP contribution in [0.15, 0.2) is 53.5 Å². The Balaban J connectivity index is 2.08. The quantitative estimate of drug-likeness (QED) is 0.853. The monoisotopic (exact) mass is 356 g/mol. The fraction of sp³-hybridized carbons (Fsp3) is 0.211. The Hall–Kier alpha value is -2.66. The molecule has 1 heterocycles. The van der Waals surface area contributed by atoms with Crippen molar-refractivity contribution >= 4 is 34.9 Å². The Morgan fingerprint density at radius 2 is 2.00 bits per heavy atom. The number of carbonyl (C=O) groups is 2. The van der Waals surface area contributed by atoms with E-state index in [1.54, 1.807) is 25.1 Å². The predicted molar refractivity (Wildman–Crippen MR) is 97.2 cm³/mol. The fourth-order valence-electron chi connectivity index (χ4n) is 2.66. The van der Waals surface area contributed by atoms with Gasteiger partial charge in [0.15, 0.2) is 0 Å². The molecular weight excluding hydrogens is 340 g/mol. The first kappa shape index (κ1) is 17.2. The normalized spacial score (nSPS) is 16.3. The lowest BCUT2D eigenvalue weighted by Crippen LogP contribution is -2.28. The van der Waals surface area contributed by atoms with Crippen LogP contribution in [0.3, 0.4) is 0 Å². The minimum absolute atomic E-state index is 0.113. The van der Waals surface area contributed by atoms with Crippen molar-refractivity contribution in [2.45, 2.75) is 19.4 Å². The minimum Gasteiger partial charge on any atom is -0.466 e. The van der Waals surface area contributed by atoms with Crippen LogP contribution in [0.2, 0.25) is 5.02 Å². The third kappa shape index (κ3) is 3.88. The Labute approximate surface area is 150 Å². The summed E-state index contributed by atoms with van der Waals surface area (Å²) >= 11 is 6.14. The molecule has 0 spiro atoms. The third-order valence-electron chi connectivity index (χ3n) is 3.79. The molecule has 0 saturated carbocycles. The van der Waals surface area contributed by atoms with Crippen molar-refractivity contribution in [1.82, 2.24) is 0 Å². The van der Waals surface area contributed by atoms with Crippen molar-refractivity contribution in [1.29, 1.82) is 0 Å². The molecule has 5 nitrogen and oxygen atoms in total. The number of hydrogen-bond acceptors (Lipinski definition) is 4. The Morgan fingerprint density at radius 1 is 1.24 bits per heavy atom. The van der Waals surface area contributed by atoms with Crippen LogP contribution in [0.4, 0.5) is 5.69 Å². The summed E-state index contributed by atoms with van der Waals surface area (Å²) in [4.78, 5) is 28.9. The molecular formula is C19H17ClN2O3. The van der Waals surface area contributed by atoms with E-state index in [1.807, 2.05) is 30.3 Å². The second kappa shape index (κ2) is 7.49. The smallest absolute Gasteiger partial charge is 0.308 e. The standard InChI is InChI=1S/C19H17ClN2O3/c1-2-25-17(23)11-16-19(24)22-15-9-8-13(20)10-14(15)18(21-16)12-6-4-3-5-7-12/h3-10,16H,2,11H2,1H3,(H,22,24)/t16-/m0/s1. The lowest BCUT2D eigenvalue weighted by molar-refractivity contribution is -0.144. The molecule has 6 heteroatoms. The van der Waals surface area contributed by atoms with Crippen molar-refractivity contribution in [2.75, 3.05) is 11.9 Å². The number of halogens is 1. The van der Waals surface area contributed by atoms with Gasteiger partial charge >= 0.3 is 5.97 Å². The summed E-state index contributed by atoms with van der Waals surface area (Å²) in [6, 6.07) is 13.8. The largest absolute Gasteiger partial charge is 0.466 e. The van der Waals surface area contributed by atoms with Gasteiger partial charge in [0.2, 0.25) is 5.91 Å². The zero-order valence-electron chi connectivity index (χ0n) is 13.7. The molecule has 3 rings (SSSR count). The Bertz CT molecular complexity index is 834. The Morgan fingerprint density at radius 3 is 2.72 bits per heavy atom. The van der Waals surface area contributed by atoms with Crippen molar-refractivity contribution in [2.24, 2.45) is 4.99 Å². The maximum atomic E-state index is 12.5. The molecule has 2 aromatic carbocycles. The molecule has 128 valence electrons. The molecule has 2 aromatic rings. The minimum atomic E-state index is -0.861. The highest BCUT2D eigenvalue weighted by Crippen LogP contribution is 2.27. The number of ether oxygens (including phenoxy) is 1. The highest BCUT2D eigenvalue weighted by molar-refractivity contribution is 6.32. The van der Waals surface area contributed by atoms with E-state index >= 15 is 0 Å². The number of fused-ring (bicyclic) bond motifs is 1. The van der Waals surface area contributed by atoms with E-state index in [4.69, 9.17) is 16.3 Å². The molecule has 0 aliphatic carbocycles. The third-order valence-corrected chi connectivity index (χ3v) is 4.03. The van der Waals surface area contributed by atoms with E-state index in [9.17, 15) is 9.59 Å². The van der Waals surface area contributed by atoms with Crippen molar-refractivity contribution in [3.8, 4) is 0 Å². The van der Waals surface area contributed by atoms with Crippen LogP contribution in [0.25, 0.3) is 0 Å². The lowest BCUT2D eigenvalue weighted by Gasteiger charge is -2.10. The maximum absolute atomic E-state index is 12.5. The van der Waals surface area contributed by atoms with E-state index in [-0.39, 0.29) is 18.9 Å². The average molecular weight is 357 g/mol. The van der Waals surface area contributed by atoms with Crippen LogP contribution in [0.1, 0.15) is 24.5 Å². The van der Waals surface area contributed by atoms with Gasteiger partial charge in [0.05, 0.1) is 24.4 Å². The summed E-state index contributed by atoms with van der Waals surface area (Å²) in [6.45, 7) is 1.99. The molecule has 1 N–H and O–H groups in total. The first-order valence-corrected chi connectivity index (χ1v) is 8.36. The van der Waals surface area contributed by atoms with Crippen LogP contribution < -0.4 is 5.32 Å². The molecule has 0 unspecified atom stereocenters. The van der Waals surface area contributed by atoms with Gasteiger partial charge in [-0.05, 0) is 25.1 Å². The molecule has 0 radical (unpaired) electrons. The molecule has 25 heavy (non-hydrogen) atoms. The summed E-state index contributed by atoms with van der Waals surface area (Å²) in [5.74, 6) is -0.801. The number of hydrogen-bond donors (Lipinski definition) is 1. The zero-order chi connectivity index (χ0) is 17.8. The van der Waals surface area contributed by atoms with E-state index in [2.05, 4.69) is 10.3 Å². The van der Waals surface area contributed by atoms with Gasteiger partial charge in [0.1, 0.15) is 6.04 Å². The van der Waals surface area contributed by atoms with Gasteiger partial charge < -0.3 is 10.1 Å². The van der Waals surface area contributed by atoms with Gasteiger partial charge in [-0.2, -0.15) is 0 Å². The number of benzene rings is 2. The number of aliphatic imine (C=N–C) groups is 1. The van der Waals surface area contributed by atoms with Crippen LogP contribution in [-0.4, -0.2) is 30.2 Å². The lowest BCUT2D eigenvalue weighted by atomic mass is 10.0. The molecule has 1 amide bonds. The van der Waals surface area contributed by atoms with Crippen molar-refractivity contribution in [3.63, 3.8) is 0 Å². The van der Waals surface area contributed by atoms with Gasteiger partial charge in [-0.3, -0.25) is 14.6 Å². The van der Waals surface area contributed by atoms with E-state index in [0.29, 0.717) is 16.4 Å².